The molecule has 0 aliphatic rings. The van der Waals surface area contributed by atoms with Gasteiger partial charge in [0.15, 0.2) is 0 Å². The minimum Gasteiger partial charge on any atom is -0.393 e. The zero-order chi connectivity index (χ0) is 13.5. The molecule has 0 spiro atoms. The Bertz CT molecular complexity index is 368. The van der Waals surface area contributed by atoms with Crippen LogP contribution in [0.2, 0.25) is 0 Å². The fourth-order valence-corrected chi connectivity index (χ4v) is 2.07. The molecule has 100 valence electrons. The van der Waals surface area contributed by atoms with Gasteiger partial charge in [0, 0.05) is 6.54 Å². The first-order valence-corrected chi connectivity index (χ1v) is 7.47. The number of primary sulfonamides is 1. The number of thiocarbonyl (C=S) groups is 1. The maximum atomic E-state index is 11.6. The van der Waals surface area contributed by atoms with Crippen LogP contribution in [0.25, 0.3) is 0 Å². The molecule has 0 saturated carbocycles. The zero-order valence-corrected chi connectivity index (χ0v) is 11.4. The Hall–Kier alpha value is -0.730. The lowest BCUT2D eigenvalue weighted by Gasteiger charge is -2.14. The fourth-order valence-electron chi connectivity index (χ4n) is 1.30. The van der Waals surface area contributed by atoms with Crippen molar-refractivity contribution in [3.8, 4) is 0 Å². The summed E-state index contributed by atoms with van der Waals surface area (Å²) in [7, 11) is -3.47. The van der Waals surface area contributed by atoms with Crippen LogP contribution >= 0.6 is 12.2 Å². The van der Waals surface area contributed by atoms with Crippen molar-refractivity contribution in [3.63, 3.8) is 0 Å². The van der Waals surface area contributed by atoms with E-state index in [4.69, 9.17) is 23.1 Å². The van der Waals surface area contributed by atoms with E-state index in [2.05, 4.69) is 5.32 Å². The molecule has 0 aromatic carbocycles. The van der Waals surface area contributed by atoms with Crippen molar-refractivity contribution in [3.05, 3.63) is 0 Å². The van der Waals surface area contributed by atoms with Crippen molar-refractivity contribution < 1.29 is 13.2 Å². The molecule has 17 heavy (non-hydrogen) atoms. The van der Waals surface area contributed by atoms with E-state index in [-0.39, 0.29) is 29.6 Å². The van der Waals surface area contributed by atoms with Gasteiger partial charge in [0.1, 0.15) is 0 Å². The molecule has 0 bridgehead atoms. The highest BCUT2D eigenvalue weighted by molar-refractivity contribution is 7.89. The highest BCUT2D eigenvalue weighted by Crippen LogP contribution is 2.06. The molecule has 1 amide bonds. The van der Waals surface area contributed by atoms with E-state index in [1.165, 1.54) is 0 Å². The largest absolute Gasteiger partial charge is 0.393 e. The van der Waals surface area contributed by atoms with Gasteiger partial charge in [-0.1, -0.05) is 25.6 Å². The maximum absolute atomic E-state index is 11.6. The van der Waals surface area contributed by atoms with E-state index in [0.717, 1.165) is 6.42 Å². The lowest BCUT2D eigenvalue weighted by Crippen LogP contribution is -2.38. The molecule has 0 fully saturated rings. The smallest absolute Gasteiger partial charge is 0.229 e. The van der Waals surface area contributed by atoms with E-state index in [0.29, 0.717) is 6.42 Å². The number of nitrogens with two attached hydrogens (primary N) is 2. The van der Waals surface area contributed by atoms with Gasteiger partial charge in [-0.2, -0.15) is 0 Å². The van der Waals surface area contributed by atoms with Crippen LogP contribution in [0.15, 0.2) is 0 Å². The van der Waals surface area contributed by atoms with Gasteiger partial charge in [0.25, 0.3) is 0 Å². The molecule has 0 aliphatic heterocycles. The van der Waals surface area contributed by atoms with Crippen molar-refractivity contribution in [1.82, 2.24) is 5.32 Å². The third kappa shape index (κ3) is 8.06. The second kappa shape index (κ2) is 7.57. The second-order valence-corrected chi connectivity index (χ2v) is 5.96. The second-order valence-electron chi connectivity index (χ2n) is 3.76. The van der Waals surface area contributed by atoms with Gasteiger partial charge in [-0.05, 0) is 12.8 Å². The topological polar surface area (TPSA) is 115 Å². The Morgan fingerprint density at radius 2 is 2.06 bits per heavy atom. The molecule has 0 aliphatic carbocycles. The average molecular weight is 281 g/mol. The fraction of sp³-hybridized carbons (Fsp3) is 0.778. The van der Waals surface area contributed by atoms with Crippen LogP contribution in [0.4, 0.5) is 0 Å². The summed E-state index contributed by atoms with van der Waals surface area (Å²) < 4.78 is 21.3. The number of sulfonamides is 1. The van der Waals surface area contributed by atoms with Crippen molar-refractivity contribution in [1.29, 1.82) is 0 Å². The number of amides is 1. The molecule has 1 atom stereocenters. The van der Waals surface area contributed by atoms with Crippen LogP contribution in [0.1, 0.15) is 26.2 Å². The van der Waals surface area contributed by atoms with Crippen LogP contribution < -0.4 is 16.2 Å². The monoisotopic (exact) mass is 281 g/mol. The number of carbonyl (C=O) groups is 1. The number of rotatable bonds is 8. The Morgan fingerprint density at radius 3 is 2.47 bits per heavy atom. The first-order valence-electron chi connectivity index (χ1n) is 5.35. The Morgan fingerprint density at radius 1 is 1.47 bits per heavy atom. The predicted molar refractivity (Wildman–Crippen MR) is 70.8 cm³/mol. The summed E-state index contributed by atoms with van der Waals surface area (Å²) in [4.78, 5) is 11.8. The highest BCUT2D eigenvalue weighted by Gasteiger charge is 2.19. The molecular weight excluding hydrogens is 262 g/mol. The van der Waals surface area contributed by atoms with Gasteiger partial charge in [-0.3, -0.25) is 4.79 Å². The quantitative estimate of drug-likeness (QED) is 0.409. The Kier molecular flexibility index (Phi) is 7.24. The Labute approximate surface area is 107 Å². The maximum Gasteiger partial charge on any atom is 0.229 e. The number of nitrogens with one attached hydrogen (secondary N) is 1. The summed E-state index contributed by atoms with van der Waals surface area (Å²) in [5, 5.41) is 7.42. The van der Waals surface area contributed by atoms with E-state index < -0.39 is 15.9 Å². The van der Waals surface area contributed by atoms with E-state index in [9.17, 15) is 13.2 Å². The normalized spacial score (nSPS) is 13.1. The summed E-state index contributed by atoms with van der Waals surface area (Å²) in [5.41, 5.74) is 5.45. The Balaban J connectivity index is 4.03. The SMILES string of the molecule is CCCC(C(=O)NCCCS(N)(=O)=O)C(N)=S. The molecule has 0 aromatic rings. The first kappa shape index (κ1) is 16.3. The third-order valence-electron chi connectivity index (χ3n) is 2.14. The summed E-state index contributed by atoms with van der Waals surface area (Å²) in [6.45, 7) is 2.18. The molecule has 0 radical (unpaired) electrons. The van der Waals surface area contributed by atoms with Crippen molar-refractivity contribution >= 4 is 33.1 Å². The minimum atomic E-state index is -3.47. The lowest BCUT2D eigenvalue weighted by molar-refractivity contribution is -0.123. The van der Waals surface area contributed by atoms with E-state index in [1.807, 2.05) is 6.92 Å². The molecule has 0 heterocycles. The third-order valence-corrected chi connectivity index (χ3v) is 3.28. The zero-order valence-electron chi connectivity index (χ0n) is 9.81. The van der Waals surface area contributed by atoms with Crippen molar-refractivity contribution in [2.75, 3.05) is 12.3 Å². The van der Waals surface area contributed by atoms with E-state index >= 15 is 0 Å². The highest BCUT2D eigenvalue weighted by atomic mass is 32.2. The van der Waals surface area contributed by atoms with Gasteiger partial charge in [0.05, 0.1) is 16.7 Å². The molecule has 6 nitrogen and oxygen atoms in total. The molecule has 0 saturated heterocycles. The predicted octanol–water partition coefficient (Wildman–Crippen LogP) is -0.516. The standard InChI is InChI=1S/C9H19N3O3S2/c1-2-4-7(8(10)16)9(13)12-5-3-6-17(11,14)15/h7H,2-6H2,1H3,(H2,10,16)(H,12,13)(H2,11,14,15). The minimum absolute atomic E-state index is 0.154. The van der Waals surface area contributed by atoms with Crippen LogP contribution in [-0.2, 0) is 14.8 Å². The molecule has 8 heteroatoms. The van der Waals surface area contributed by atoms with Crippen LogP contribution in [-0.4, -0.2) is 31.6 Å². The number of hydrogen-bond donors (Lipinski definition) is 3. The van der Waals surface area contributed by atoms with Gasteiger partial charge in [-0.25, -0.2) is 13.6 Å². The van der Waals surface area contributed by atoms with Crippen molar-refractivity contribution in [2.45, 2.75) is 26.2 Å². The van der Waals surface area contributed by atoms with Gasteiger partial charge < -0.3 is 11.1 Å². The molecule has 1 unspecified atom stereocenters. The average Bonchev–Trinajstić information content (AvgIpc) is 2.18. The van der Waals surface area contributed by atoms with Crippen LogP contribution in [0.5, 0.6) is 0 Å². The van der Waals surface area contributed by atoms with E-state index in [1.54, 1.807) is 0 Å². The van der Waals surface area contributed by atoms with Crippen LogP contribution in [0, 0.1) is 5.92 Å². The molecule has 5 N–H and O–H groups in total. The van der Waals surface area contributed by atoms with Gasteiger partial charge in [0.2, 0.25) is 15.9 Å². The molecule has 0 rings (SSSR count). The number of carbonyl (C=O) groups excluding carboxylic acids is 1. The first-order chi connectivity index (χ1) is 7.78. The number of hydrogen-bond acceptors (Lipinski definition) is 4. The van der Waals surface area contributed by atoms with Crippen LogP contribution in [0.3, 0.4) is 0 Å². The molecular formula is C9H19N3O3S2. The summed E-state index contributed by atoms with van der Waals surface area (Å²) >= 11 is 4.80. The van der Waals surface area contributed by atoms with Gasteiger partial charge >= 0.3 is 0 Å². The van der Waals surface area contributed by atoms with Crippen molar-refractivity contribution in [2.24, 2.45) is 16.8 Å². The van der Waals surface area contributed by atoms with Gasteiger partial charge in [-0.15, -0.1) is 0 Å². The summed E-state index contributed by atoms with van der Waals surface area (Å²) in [5.74, 6) is -0.892. The lowest BCUT2D eigenvalue weighted by atomic mass is 10.0. The molecule has 0 aromatic heterocycles. The summed E-state index contributed by atoms with van der Waals surface area (Å²) in [6, 6.07) is 0. The summed E-state index contributed by atoms with van der Waals surface area (Å²) in [6.07, 6.45) is 1.67.